The Labute approximate surface area is 149 Å². The normalized spacial score (nSPS) is 10.7. The Balaban J connectivity index is 1.98. The van der Waals surface area contributed by atoms with Gasteiger partial charge in [-0.05, 0) is 36.8 Å². The zero-order valence-electron chi connectivity index (χ0n) is 13.7. The van der Waals surface area contributed by atoms with E-state index in [0.717, 1.165) is 5.56 Å². The molecule has 2 heterocycles. The van der Waals surface area contributed by atoms with Crippen molar-refractivity contribution in [2.45, 2.75) is 13.5 Å². The molecule has 0 aliphatic rings. The van der Waals surface area contributed by atoms with Gasteiger partial charge < -0.3 is 9.42 Å². The van der Waals surface area contributed by atoms with Crippen molar-refractivity contribution < 1.29 is 13.7 Å². The van der Waals surface area contributed by atoms with Crippen LogP contribution in [0.1, 0.15) is 21.7 Å². The van der Waals surface area contributed by atoms with E-state index in [0.29, 0.717) is 12.3 Å². The third kappa shape index (κ3) is 3.39. The third-order valence-electron chi connectivity index (χ3n) is 3.79. The minimum absolute atomic E-state index is 0.0571. The van der Waals surface area contributed by atoms with Crippen LogP contribution in [0.25, 0.3) is 11.3 Å². The van der Waals surface area contributed by atoms with Gasteiger partial charge in [0, 0.05) is 26.0 Å². The van der Waals surface area contributed by atoms with Crippen molar-refractivity contribution >= 4 is 17.5 Å². The van der Waals surface area contributed by atoms with Gasteiger partial charge in [0.1, 0.15) is 22.8 Å². The summed E-state index contributed by atoms with van der Waals surface area (Å²) in [4.78, 5) is 18.3. The van der Waals surface area contributed by atoms with E-state index in [2.05, 4.69) is 10.1 Å². The van der Waals surface area contributed by atoms with Crippen molar-refractivity contribution in [3.8, 4) is 11.3 Å². The first-order valence-corrected chi connectivity index (χ1v) is 7.92. The molecule has 0 unspecified atom stereocenters. The largest absolute Gasteiger partial charge is 0.360 e. The number of carbonyl (C=O) groups excluding carboxylic acids is 1. The summed E-state index contributed by atoms with van der Waals surface area (Å²) in [6.07, 6.45) is 3.31. The highest BCUT2D eigenvalue weighted by atomic mass is 35.5. The van der Waals surface area contributed by atoms with Crippen molar-refractivity contribution in [2.24, 2.45) is 0 Å². The summed E-state index contributed by atoms with van der Waals surface area (Å²) in [5.74, 6) is -0.586. The second kappa shape index (κ2) is 7.03. The number of rotatable bonds is 4. The molecule has 0 spiro atoms. The lowest BCUT2D eigenvalue weighted by atomic mass is 10.0. The molecule has 1 amide bonds. The van der Waals surface area contributed by atoms with Gasteiger partial charge in [-0.2, -0.15) is 0 Å². The van der Waals surface area contributed by atoms with E-state index in [1.807, 2.05) is 12.1 Å². The van der Waals surface area contributed by atoms with Crippen LogP contribution in [0.3, 0.4) is 0 Å². The molecule has 3 rings (SSSR count). The maximum absolute atomic E-state index is 14.2. The summed E-state index contributed by atoms with van der Waals surface area (Å²) in [5.41, 5.74) is 1.28. The van der Waals surface area contributed by atoms with E-state index in [9.17, 15) is 9.18 Å². The zero-order chi connectivity index (χ0) is 18.0. The van der Waals surface area contributed by atoms with E-state index in [1.165, 1.54) is 17.0 Å². The van der Waals surface area contributed by atoms with Gasteiger partial charge in [-0.25, -0.2) is 4.39 Å². The number of hydrogen-bond acceptors (Lipinski definition) is 4. The number of aryl methyl sites for hydroxylation is 1. The SMILES string of the molecule is Cc1onc(-c2c(F)cccc2Cl)c1C(=O)N(C)Cc1ccncc1. The highest BCUT2D eigenvalue weighted by Gasteiger charge is 2.27. The lowest BCUT2D eigenvalue weighted by molar-refractivity contribution is 0.0784. The monoisotopic (exact) mass is 359 g/mol. The molecule has 0 fully saturated rings. The molecule has 5 nitrogen and oxygen atoms in total. The second-order valence-electron chi connectivity index (χ2n) is 5.58. The summed E-state index contributed by atoms with van der Waals surface area (Å²) < 4.78 is 19.4. The standard InChI is InChI=1S/C18H15ClFN3O2/c1-11-15(18(24)23(2)10-12-6-8-21-9-7-12)17(22-25-11)16-13(19)4-3-5-14(16)20/h3-9H,10H2,1-2H3. The molecule has 0 saturated carbocycles. The van der Waals surface area contributed by atoms with Crippen molar-refractivity contribution in [3.05, 3.63) is 70.5 Å². The third-order valence-corrected chi connectivity index (χ3v) is 4.11. The Morgan fingerprint density at radius 1 is 1.28 bits per heavy atom. The predicted molar refractivity (Wildman–Crippen MR) is 91.7 cm³/mol. The number of carbonyl (C=O) groups is 1. The Kier molecular flexibility index (Phi) is 4.81. The predicted octanol–water partition coefficient (Wildman–Crippen LogP) is 4.11. The fourth-order valence-electron chi connectivity index (χ4n) is 2.54. The van der Waals surface area contributed by atoms with E-state index in [1.54, 1.807) is 32.4 Å². The first-order chi connectivity index (χ1) is 12.0. The van der Waals surface area contributed by atoms with Gasteiger partial charge in [-0.3, -0.25) is 9.78 Å². The molecule has 7 heteroatoms. The van der Waals surface area contributed by atoms with Crippen LogP contribution in [0.2, 0.25) is 5.02 Å². The highest BCUT2D eigenvalue weighted by Crippen LogP contribution is 2.34. The second-order valence-corrected chi connectivity index (χ2v) is 5.98. The van der Waals surface area contributed by atoms with Gasteiger partial charge >= 0.3 is 0 Å². The summed E-state index contributed by atoms with van der Waals surface area (Å²) in [5, 5.41) is 4.03. The maximum atomic E-state index is 14.2. The number of hydrogen-bond donors (Lipinski definition) is 0. The van der Waals surface area contributed by atoms with Gasteiger partial charge in [0.15, 0.2) is 0 Å². The molecule has 0 saturated heterocycles. The number of aromatic nitrogens is 2. The fraction of sp³-hybridized carbons (Fsp3) is 0.167. The number of halogens is 2. The van der Waals surface area contributed by atoms with E-state index in [-0.39, 0.29) is 27.8 Å². The molecule has 0 bridgehead atoms. The molecule has 0 aliphatic heterocycles. The molecule has 2 aromatic heterocycles. The average molecular weight is 360 g/mol. The van der Waals surface area contributed by atoms with Crippen molar-refractivity contribution in [3.63, 3.8) is 0 Å². The molecule has 0 N–H and O–H groups in total. The molecular formula is C18H15ClFN3O2. The lowest BCUT2D eigenvalue weighted by Gasteiger charge is -2.17. The van der Waals surface area contributed by atoms with E-state index in [4.69, 9.17) is 16.1 Å². The van der Waals surface area contributed by atoms with Crippen LogP contribution in [0.15, 0.2) is 47.2 Å². The van der Waals surface area contributed by atoms with Crippen LogP contribution in [-0.4, -0.2) is 28.0 Å². The summed E-state index contributed by atoms with van der Waals surface area (Å²) in [7, 11) is 1.65. The van der Waals surface area contributed by atoms with Crippen LogP contribution < -0.4 is 0 Å². The molecule has 25 heavy (non-hydrogen) atoms. The van der Waals surface area contributed by atoms with Crippen LogP contribution in [0.5, 0.6) is 0 Å². The van der Waals surface area contributed by atoms with E-state index >= 15 is 0 Å². The quantitative estimate of drug-likeness (QED) is 0.703. The Hall–Kier alpha value is -2.73. The van der Waals surface area contributed by atoms with Crippen LogP contribution in [0, 0.1) is 12.7 Å². The van der Waals surface area contributed by atoms with Gasteiger partial charge in [0.2, 0.25) is 0 Å². The van der Waals surface area contributed by atoms with E-state index < -0.39 is 5.82 Å². The summed E-state index contributed by atoms with van der Waals surface area (Å²) >= 11 is 6.11. The van der Waals surface area contributed by atoms with Gasteiger partial charge in [-0.1, -0.05) is 22.8 Å². The van der Waals surface area contributed by atoms with Gasteiger partial charge in [0.25, 0.3) is 5.91 Å². The highest BCUT2D eigenvalue weighted by molar-refractivity contribution is 6.33. The fourth-order valence-corrected chi connectivity index (χ4v) is 2.80. The molecule has 0 aliphatic carbocycles. The Bertz CT molecular complexity index is 892. The first kappa shape index (κ1) is 17.1. The number of benzene rings is 1. The Morgan fingerprint density at radius 2 is 2.00 bits per heavy atom. The zero-order valence-corrected chi connectivity index (χ0v) is 14.4. The first-order valence-electron chi connectivity index (χ1n) is 7.54. The number of nitrogens with zero attached hydrogens (tertiary/aromatic N) is 3. The number of amides is 1. The molecule has 3 aromatic rings. The summed E-state index contributed by atoms with van der Waals surface area (Å²) in [6, 6.07) is 7.93. The topological polar surface area (TPSA) is 59.2 Å². The minimum Gasteiger partial charge on any atom is -0.360 e. The molecule has 0 radical (unpaired) electrons. The van der Waals surface area contributed by atoms with Crippen molar-refractivity contribution in [1.82, 2.24) is 15.0 Å². The van der Waals surface area contributed by atoms with Crippen LogP contribution in [0.4, 0.5) is 4.39 Å². The van der Waals surface area contributed by atoms with Crippen molar-refractivity contribution in [2.75, 3.05) is 7.05 Å². The van der Waals surface area contributed by atoms with Crippen LogP contribution >= 0.6 is 11.6 Å². The molecule has 0 atom stereocenters. The molecular weight excluding hydrogens is 345 g/mol. The molecule has 1 aromatic carbocycles. The average Bonchev–Trinajstić information content (AvgIpc) is 2.96. The van der Waals surface area contributed by atoms with Crippen molar-refractivity contribution in [1.29, 1.82) is 0 Å². The van der Waals surface area contributed by atoms with Gasteiger partial charge in [0.05, 0.1) is 10.6 Å². The van der Waals surface area contributed by atoms with Crippen LogP contribution in [-0.2, 0) is 6.54 Å². The number of pyridine rings is 1. The minimum atomic E-state index is -0.563. The smallest absolute Gasteiger partial charge is 0.259 e. The van der Waals surface area contributed by atoms with Gasteiger partial charge in [-0.15, -0.1) is 0 Å². The maximum Gasteiger partial charge on any atom is 0.259 e. The summed E-state index contributed by atoms with van der Waals surface area (Å²) in [6.45, 7) is 1.98. The lowest BCUT2D eigenvalue weighted by Crippen LogP contribution is -2.27. The molecule has 128 valence electrons. The Morgan fingerprint density at radius 3 is 2.68 bits per heavy atom.